The van der Waals surface area contributed by atoms with Gasteiger partial charge in [0.1, 0.15) is 5.82 Å². The lowest BCUT2D eigenvalue weighted by Crippen LogP contribution is -2.36. The number of halogens is 1. The summed E-state index contributed by atoms with van der Waals surface area (Å²) in [6, 6.07) is 10.8. The van der Waals surface area contributed by atoms with E-state index in [2.05, 4.69) is 25.7 Å². The highest BCUT2D eigenvalue weighted by Crippen LogP contribution is 2.09. The second-order valence-electron chi connectivity index (χ2n) is 5.84. The van der Waals surface area contributed by atoms with Crippen molar-refractivity contribution >= 4 is 5.96 Å². The van der Waals surface area contributed by atoms with Crippen LogP contribution in [-0.4, -0.2) is 27.8 Å². The van der Waals surface area contributed by atoms with Crippen molar-refractivity contribution in [2.75, 3.05) is 7.05 Å². The fourth-order valence-electron chi connectivity index (χ4n) is 2.51. The topological polar surface area (TPSA) is 67.1 Å². The number of rotatable bonds is 5. The van der Waals surface area contributed by atoms with Crippen LogP contribution in [0.15, 0.2) is 60.0 Å². The fraction of sp³-hybridized carbons (Fsp3) is 0.211. The van der Waals surface area contributed by atoms with E-state index in [-0.39, 0.29) is 5.82 Å². The lowest BCUT2D eigenvalue weighted by Gasteiger charge is -2.13. The van der Waals surface area contributed by atoms with Crippen molar-refractivity contribution in [3.8, 4) is 5.82 Å². The maximum atomic E-state index is 13.3. The Bertz CT molecular complexity index is 889. The van der Waals surface area contributed by atoms with E-state index in [1.807, 2.05) is 30.5 Å². The summed E-state index contributed by atoms with van der Waals surface area (Å²) in [6.07, 6.45) is 5.33. The largest absolute Gasteiger partial charge is 0.352 e. The minimum atomic E-state index is -0.193. The first-order valence-electron chi connectivity index (χ1n) is 8.30. The smallest absolute Gasteiger partial charge is 0.191 e. The molecule has 6 nitrogen and oxygen atoms in total. The summed E-state index contributed by atoms with van der Waals surface area (Å²) in [6.45, 7) is 2.92. The number of guanidine groups is 1. The molecule has 3 aromatic rings. The lowest BCUT2D eigenvalue weighted by molar-refractivity contribution is 0.617. The Hall–Kier alpha value is -3.22. The van der Waals surface area contributed by atoms with Gasteiger partial charge in [-0.3, -0.25) is 4.99 Å². The van der Waals surface area contributed by atoms with Crippen molar-refractivity contribution in [1.82, 2.24) is 25.4 Å². The van der Waals surface area contributed by atoms with E-state index in [4.69, 9.17) is 0 Å². The average molecular weight is 352 g/mol. The van der Waals surface area contributed by atoms with Crippen molar-refractivity contribution in [2.24, 2.45) is 4.99 Å². The third-order valence-electron chi connectivity index (χ3n) is 3.91. The van der Waals surface area contributed by atoms with Crippen LogP contribution in [0.25, 0.3) is 5.82 Å². The van der Waals surface area contributed by atoms with E-state index in [9.17, 15) is 4.39 Å². The molecule has 0 aliphatic carbocycles. The van der Waals surface area contributed by atoms with Gasteiger partial charge in [-0.25, -0.2) is 14.1 Å². The first kappa shape index (κ1) is 17.6. The van der Waals surface area contributed by atoms with Crippen LogP contribution in [0.5, 0.6) is 0 Å². The summed E-state index contributed by atoms with van der Waals surface area (Å²) in [4.78, 5) is 8.53. The summed E-state index contributed by atoms with van der Waals surface area (Å²) in [5.74, 6) is 1.24. The van der Waals surface area contributed by atoms with E-state index in [0.29, 0.717) is 24.6 Å². The van der Waals surface area contributed by atoms with Gasteiger partial charge in [-0.1, -0.05) is 12.1 Å². The van der Waals surface area contributed by atoms with Gasteiger partial charge in [0.25, 0.3) is 0 Å². The number of aliphatic imine (C=N–C) groups is 1. The second-order valence-corrected chi connectivity index (χ2v) is 5.84. The van der Waals surface area contributed by atoms with Crippen LogP contribution in [0.2, 0.25) is 0 Å². The Morgan fingerprint density at radius 3 is 2.54 bits per heavy atom. The number of nitrogens with zero attached hydrogens (tertiary/aromatic N) is 4. The molecule has 26 heavy (non-hydrogen) atoms. The zero-order valence-corrected chi connectivity index (χ0v) is 14.8. The maximum Gasteiger partial charge on any atom is 0.191 e. The second kappa shape index (κ2) is 8.24. The Morgan fingerprint density at radius 1 is 1.12 bits per heavy atom. The zero-order chi connectivity index (χ0) is 18.4. The molecule has 134 valence electrons. The van der Waals surface area contributed by atoms with Gasteiger partial charge in [-0.15, -0.1) is 0 Å². The minimum Gasteiger partial charge on any atom is -0.352 e. The Morgan fingerprint density at radius 2 is 1.88 bits per heavy atom. The number of hydrogen-bond acceptors (Lipinski definition) is 3. The molecule has 0 saturated carbocycles. The van der Waals surface area contributed by atoms with Gasteiger partial charge in [0.2, 0.25) is 0 Å². The summed E-state index contributed by atoms with van der Waals surface area (Å²) in [7, 11) is 1.72. The molecule has 2 heterocycles. The molecule has 0 fully saturated rings. The zero-order valence-electron chi connectivity index (χ0n) is 14.8. The van der Waals surface area contributed by atoms with E-state index >= 15 is 0 Å². The van der Waals surface area contributed by atoms with Gasteiger partial charge in [0.15, 0.2) is 11.8 Å². The van der Waals surface area contributed by atoms with Crippen molar-refractivity contribution < 1.29 is 4.39 Å². The molecule has 0 radical (unpaired) electrons. The molecule has 0 aliphatic rings. The molecular formula is C19H21FN6. The third kappa shape index (κ3) is 4.44. The molecule has 3 rings (SSSR count). The number of nitrogens with one attached hydrogen (secondary N) is 2. The van der Waals surface area contributed by atoms with Crippen LogP contribution in [0.4, 0.5) is 4.39 Å². The number of aromatic nitrogens is 3. The normalized spacial score (nSPS) is 11.4. The van der Waals surface area contributed by atoms with Crippen LogP contribution in [-0.2, 0) is 13.1 Å². The number of aryl methyl sites for hydroxylation is 1. The predicted molar refractivity (Wildman–Crippen MR) is 99.5 cm³/mol. The van der Waals surface area contributed by atoms with Crippen LogP contribution in [0.3, 0.4) is 0 Å². The number of hydrogen-bond donors (Lipinski definition) is 2. The lowest BCUT2D eigenvalue weighted by atomic mass is 10.1. The van der Waals surface area contributed by atoms with Crippen molar-refractivity contribution in [3.05, 3.63) is 77.5 Å². The van der Waals surface area contributed by atoms with Gasteiger partial charge < -0.3 is 10.6 Å². The highest BCUT2D eigenvalue weighted by molar-refractivity contribution is 5.79. The van der Waals surface area contributed by atoms with Crippen LogP contribution >= 0.6 is 0 Å². The van der Waals surface area contributed by atoms with Crippen molar-refractivity contribution in [3.63, 3.8) is 0 Å². The Labute approximate surface area is 151 Å². The fourth-order valence-corrected chi connectivity index (χ4v) is 2.51. The van der Waals surface area contributed by atoms with Gasteiger partial charge in [-0.05, 0) is 47.9 Å². The molecule has 0 spiro atoms. The highest BCUT2D eigenvalue weighted by atomic mass is 19.1. The van der Waals surface area contributed by atoms with Crippen LogP contribution in [0.1, 0.15) is 16.7 Å². The Balaban J connectivity index is 1.57. The molecule has 2 aromatic heterocycles. The van der Waals surface area contributed by atoms with E-state index in [1.165, 1.54) is 6.07 Å². The maximum absolute atomic E-state index is 13.3. The van der Waals surface area contributed by atoms with Crippen molar-refractivity contribution in [2.45, 2.75) is 20.0 Å². The summed E-state index contributed by atoms with van der Waals surface area (Å²) in [5.41, 5.74) is 2.69. The van der Waals surface area contributed by atoms with E-state index in [0.717, 1.165) is 16.9 Å². The van der Waals surface area contributed by atoms with Gasteiger partial charge in [-0.2, -0.15) is 5.10 Å². The van der Waals surface area contributed by atoms with Crippen LogP contribution in [0, 0.1) is 12.7 Å². The van der Waals surface area contributed by atoms with Crippen LogP contribution < -0.4 is 10.6 Å². The summed E-state index contributed by atoms with van der Waals surface area (Å²) < 4.78 is 15.1. The third-order valence-corrected chi connectivity index (χ3v) is 3.91. The van der Waals surface area contributed by atoms with Gasteiger partial charge >= 0.3 is 0 Å². The van der Waals surface area contributed by atoms with Crippen molar-refractivity contribution in [1.29, 1.82) is 0 Å². The average Bonchev–Trinajstić information content (AvgIpc) is 3.20. The standard InChI is InChI=1S/C19H21FN6/c1-14-10-15(4-5-17(14)20)12-23-19(21-2)24-13-16-6-8-22-18(11-16)26-9-3-7-25-26/h3-11H,12-13H2,1-2H3,(H2,21,23,24). The molecular weight excluding hydrogens is 331 g/mol. The molecule has 0 aliphatic heterocycles. The van der Waals surface area contributed by atoms with Gasteiger partial charge in [0, 0.05) is 38.7 Å². The first-order chi connectivity index (χ1) is 12.7. The highest BCUT2D eigenvalue weighted by Gasteiger charge is 2.03. The molecule has 0 bridgehead atoms. The van der Waals surface area contributed by atoms with E-state index < -0.39 is 0 Å². The molecule has 0 unspecified atom stereocenters. The monoisotopic (exact) mass is 352 g/mol. The quantitative estimate of drug-likeness (QED) is 0.547. The molecule has 2 N–H and O–H groups in total. The molecule has 1 aromatic carbocycles. The molecule has 0 saturated heterocycles. The first-order valence-corrected chi connectivity index (χ1v) is 8.30. The number of pyridine rings is 1. The number of benzene rings is 1. The predicted octanol–water partition coefficient (Wildman–Crippen LogP) is 2.58. The van der Waals surface area contributed by atoms with Gasteiger partial charge in [0.05, 0.1) is 0 Å². The summed E-state index contributed by atoms with van der Waals surface area (Å²) >= 11 is 0. The molecule has 0 amide bonds. The molecule has 0 atom stereocenters. The van der Waals surface area contributed by atoms with E-state index in [1.54, 1.807) is 37.1 Å². The minimum absolute atomic E-state index is 0.193. The SMILES string of the molecule is CN=C(NCc1ccnc(-n2cccn2)c1)NCc1ccc(F)c(C)c1. The Kier molecular flexibility index (Phi) is 5.58. The molecule has 7 heteroatoms. The summed E-state index contributed by atoms with van der Waals surface area (Å²) in [5, 5.41) is 10.7.